The van der Waals surface area contributed by atoms with Gasteiger partial charge in [-0.1, -0.05) is 30.7 Å². The number of hydrogen-bond donors (Lipinski definition) is 1. The highest BCUT2D eigenvalue weighted by atomic mass is 35.5. The van der Waals surface area contributed by atoms with Gasteiger partial charge in [0.25, 0.3) is 5.91 Å². The molecule has 1 amide bonds. The fourth-order valence-corrected chi connectivity index (χ4v) is 3.58. The topological polar surface area (TPSA) is 65.4 Å². The van der Waals surface area contributed by atoms with E-state index < -0.39 is 0 Å². The second-order valence-corrected chi connectivity index (χ2v) is 7.17. The Labute approximate surface area is 174 Å². The Morgan fingerprint density at radius 3 is 2.79 bits per heavy atom. The Hall–Kier alpha value is -2.99. The van der Waals surface area contributed by atoms with Crippen LogP contribution >= 0.6 is 11.6 Å². The van der Waals surface area contributed by atoms with Gasteiger partial charge in [0, 0.05) is 11.6 Å². The highest BCUT2D eigenvalue weighted by Gasteiger charge is 2.17. The second-order valence-electron chi connectivity index (χ2n) is 6.73. The van der Waals surface area contributed by atoms with Crippen LogP contribution in [0.5, 0.6) is 11.5 Å². The third kappa shape index (κ3) is 4.22. The number of benzene rings is 2. The van der Waals surface area contributed by atoms with Crippen LogP contribution in [0.3, 0.4) is 0 Å². The molecule has 0 unspecified atom stereocenters. The summed E-state index contributed by atoms with van der Waals surface area (Å²) in [5, 5.41) is 8.02. The second kappa shape index (κ2) is 8.57. The van der Waals surface area contributed by atoms with Crippen molar-refractivity contribution in [3.8, 4) is 17.2 Å². The molecule has 2 aromatic carbocycles. The van der Waals surface area contributed by atoms with Gasteiger partial charge in [0.1, 0.15) is 13.2 Å². The summed E-state index contributed by atoms with van der Waals surface area (Å²) in [6.45, 7) is 3.66. The molecule has 3 aromatic rings. The standard InChI is InChI=1S/C22H22ClN3O3/c1-2-19-18(14-25-26(19)17-5-3-4-16(23)13-17)22(27)24-9-8-15-6-7-20-21(12-15)29-11-10-28-20/h3-7,12-14H,2,8-11H2,1H3,(H,24,27). The van der Waals surface area contributed by atoms with Crippen molar-refractivity contribution < 1.29 is 14.3 Å². The molecule has 4 rings (SSSR count). The third-order valence-corrected chi connectivity index (χ3v) is 5.04. The van der Waals surface area contributed by atoms with Crippen LogP contribution in [0.2, 0.25) is 5.02 Å². The van der Waals surface area contributed by atoms with E-state index in [2.05, 4.69) is 10.4 Å². The lowest BCUT2D eigenvalue weighted by molar-refractivity contribution is 0.0953. The Morgan fingerprint density at radius 1 is 1.17 bits per heavy atom. The Morgan fingerprint density at radius 2 is 2.00 bits per heavy atom. The van der Waals surface area contributed by atoms with Gasteiger partial charge in [-0.15, -0.1) is 0 Å². The van der Waals surface area contributed by atoms with Crippen LogP contribution in [-0.4, -0.2) is 35.4 Å². The van der Waals surface area contributed by atoms with Crippen LogP contribution in [-0.2, 0) is 12.8 Å². The quantitative estimate of drug-likeness (QED) is 0.669. The van der Waals surface area contributed by atoms with Gasteiger partial charge in [0.2, 0.25) is 0 Å². The summed E-state index contributed by atoms with van der Waals surface area (Å²) in [5.41, 5.74) is 3.35. The summed E-state index contributed by atoms with van der Waals surface area (Å²) < 4.78 is 12.9. The van der Waals surface area contributed by atoms with Crippen molar-refractivity contribution in [3.05, 3.63) is 70.5 Å². The molecule has 0 aliphatic carbocycles. The monoisotopic (exact) mass is 411 g/mol. The van der Waals surface area contributed by atoms with E-state index >= 15 is 0 Å². The van der Waals surface area contributed by atoms with Gasteiger partial charge in [-0.05, 0) is 48.7 Å². The normalized spacial score (nSPS) is 12.6. The predicted octanol–water partition coefficient (Wildman–Crippen LogP) is 3.83. The molecule has 0 bridgehead atoms. The number of amides is 1. The molecular formula is C22H22ClN3O3. The molecule has 150 valence electrons. The number of halogens is 1. The SMILES string of the molecule is CCc1c(C(=O)NCCc2ccc3c(c2)OCCO3)cnn1-c1cccc(Cl)c1. The maximum atomic E-state index is 12.7. The largest absolute Gasteiger partial charge is 0.486 e. The van der Waals surface area contributed by atoms with Crippen LogP contribution in [0, 0.1) is 0 Å². The number of fused-ring (bicyclic) bond motifs is 1. The summed E-state index contributed by atoms with van der Waals surface area (Å²) >= 11 is 6.09. The van der Waals surface area contributed by atoms with Crippen LogP contribution in [0.1, 0.15) is 28.5 Å². The average molecular weight is 412 g/mol. The number of nitrogens with zero attached hydrogens (tertiary/aromatic N) is 2. The van der Waals surface area contributed by atoms with E-state index in [9.17, 15) is 4.79 Å². The highest BCUT2D eigenvalue weighted by molar-refractivity contribution is 6.30. The minimum absolute atomic E-state index is 0.132. The molecule has 7 heteroatoms. The summed E-state index contributed by atoms with van der Waals surface area (Å²) in [5.74, 6) is 1.40. The van der Waals surface area contributed by atoms with Gasteiger partial charge in [-0.3, -0.25) is 4.79 Å². The van der Waals surface area contributed by atoms with Crippen molar-refractivity contribution in [1.29, 1.82) is 0 Å². The van der Waals surface area contributed by atoms with Crippen molar-refractivity contribution in [1.82, 2.24) is 15.1 Å². The maximum Gasteiger partial charge on any atom is 0.254 e. The molecule has 0 saturated carbocycles. The van der Waals surface area contributed by atoms with Gasteiger partial charge < -0.3 is 14.8 Å². The van der Waals surface area contributed by atoms with Gasteiger partial charge in [0.05, 0.1) is 23.1 Å². The smallest absolute Gasteiger partial charge is 0.254 e. The Kier molecular flexibility index (Phi) is 5.71. The molecule has 0 saturated heterocycles. The molecule has 1 aromatic heterocycles. The number of ether oxygens (including phenoxy) is 2. The molecule has 6 nitrogen and oxygen atoms in total. The lowest BCUT2D eigenvalue weighted by Gasteiger charge is -2.18. The van der Waals surface area contributed by atoms with E-state index in [-0.39, 0.29) is 5.91 Å². The van der Waals surface area contributed by atoms with Gasteiger partial charge in [-0.25, -0.2) is 4.68 Å². The molecule has 1 aliphatic heterocycles. The number of carbonyl (C=O) groups is 1. The van der Waals surface area contributed by atoms with Crippen LogP contribution in [0.15, 0.2) is 48.7 Å². The van der Waals surface area contributed by atoms with E-state index in [1.54, 1.807) is 10.9 Å². The van der Waals surface area contributed by atoms with E-state index in [0.717, 1.165) is 28.4 Å². The van der Waals surface area contributed by atoms with Crippen LogP contribution in [0.4, 0.5) is 0 Å². The zero-order valence-corrected chi connectivity index (χ0v) is 16.9. The molecule has 0 radical (unpaired) electrons. The van der Waals surface area contributed by atoms with E-state index in [1.807, 2.05) is 49.4 Å². The summed E-state index contributed by atoms with van der Waals surface area (Å²) in [6, 6.07) is 13.3. The summed E-state index contributed by atoms with van der Waals surface area (Å²) in [6.07, 6.45) is 2.99. The molecular weight excluding hydrogens is 390 g/mol. The minimum Gasteiger partial charge on any atom is -0.486 e. The molecule has 2 heterocycles. The fourth-order valence-electron chi connectivity index (χ4n) is 3.39. The van der Waals surface area contributed by atoms with Crippen molar-refractivity contribution in [2.45, 2.75) is 19.8 Å². The third-order valence-electron chi connectivity index (χ3n) is 4.81. The first-order valence-electron chi connectivity index (χ1n) is 9.65. The van der Waals surface area contributed by atoms with Gasteiger partial charge >= 0.3 is 0 Å². The molecule has 0 atom stereocenters. The number of aromatic nitrogens is 2. The predicted molar refractivity (Wildman–Crippen MR) is 111 cm³/mol. The molecule has 1 N–H and O–H groups in total. The molecule has 0 spiro atoms. The van der Waals surface area contributed by atoms with E-state index in [0.29, 0.717) is 43.2 Å². The average Bonchev–Trinajstić information content (AvgIpc) is 3.18. The van der Waals surface area contributed by atoms with Gasteiger partial charge in [0.15, 0.2) is 11.5 Å². The lowest BCUT2D eigenvalue weighted by atomic mass is 10.1. The summed E-state index contributed by atoms with van der Waals surface area (Å²) in [7, 11) is 0. The highest BCUT2D eigenvalue weighted by Crippen LogP contribution is 2.30. The van der Waals surface area contributed by atoms with E-state index in [4.69, 9.17) is 21.1 Å². The van der Waals surface area contributed by atoms with Gasteiger partial charge in [-0.2, -0.15) is 5.10 Å². The Bertz CT molecular complexity index is 1030. The van der Waals surface area contributed by atoms with Crippen molar-refractivity contribution >= 4 is 17.5 Å². The number of rotatable bonds is 6. The first kappa shape index (κ1) is 19.3. The first-order valence-corrected chi connectivity index (χ1v) is 10.0. The Balaban J connectivity index is 1.42. The minimum atomic E-state index is -0.132. The number of carbonyl (C=O) groups excluding carboxylic acids is 1. The number of hydrogen-bond acceptors (Lipinski definition) is 4. The lowest BCUT2D eigenvalue weighted by Crippen LogP contribution is -2.26. The van der Waals surface area contributed by atoms with Crippen molar-refractivity contribution in [3.63, 3.8) is 0 Å². The molecule has 29 heavy (non-hydrogen) atoms. The zero-order valence-electron chi connectivity index (χ0n) is 16.2. The fraction of sp³-hybridized carbons (Fsp3) is 0.273. The van der Waals surface area contributed by atoms with Crippen molar-refractivity contribution in [2.24, 2.45) is 0 Å². The first-order chi connectivity index (χ1) is 14.2. The number of nitrogens with one attached hydrogen (secondary N) is 1. The van der Waals surface area contributed by atoms with Crippen LogP contribution in [0.25, 0.3) is 5.69 Å². The van der Waals surface area contributed by atoms with Crippen molar-refractivity contribution in [2.75, 3.05) is 19.8 Å². The molecule has 0 fully saturated rings. The molecule has 1 aliphatic rings. The van der Waals surface area contributed by atoms with E-state index in [1.165, 1.54) is 0 Å². The summed E-state index contributed by atoms with van der Waals surface area (Å²) in [4.78, 5) is 12.7. The zero-order chi connectivity index (χ0) is 20.2. The van der Waals surface area contributed by atoms with Crippen LogP contribution < -0.4 is 14.8 Å². The maximum absolute atomic E-state index is 12.7.